The zero-order valence-electron chi connectivity index (χ0n) is 11.0. The van der Waals surface area contributed by atoms with Crippen molar-refractivity contribution < 1.29 is 4.74 Å². The minimum Gasteiger partial charge on any atom is -0.492 e. The average molecular weight is 312 g/mol. The van der Waals surface area contributed by atoms with Crippen LogP contribution in [0.15, 0.2) is 24.5 Å². The molecule has 1 aliphatic rings. The quantitative estimate of drug-likeness (QED) is 0.904. The highest BCUT2D eigenvalue weighted by molar-refractivity contribution is 6.35. The molecule has 0 saturated heterocycles. The van der Waals surface area contributed by atoms with Crippen molar-refractivity contribution in [2.45, 2.75) is 25.4 Å². The second-order valence-electron chi connectivity index (χ2n) is 4.86. The van der Waals surface area contributed by atoms with E-state index in [1.165, 1.54) is 0 Å². The third-order valence-corrected chi connectivity index (χ3v) is 3.95. The summed E-state index contributed by atoms with van der Waals surface area (Å²) in [5.74, 6) is 1.64. The van der Waals surface area contributed by atoms with Crippen LogP contribution < -0.4 is 10.1 Å². The standard InChI is InChI=1S/C14H15Cl2N3O/c1-8(14-17-3-4-18-14)19-12-2-5-20-13-10(12)6-9(15)7-11(13)16/h3-4,6-8,12,19H,2,5H2,1H3,(H,17,18). The van der Waals surface area contributed by atoms with Gasteiger partial charge in [0, 0.05) is 35.4 Å². The van der Waals surface area contributed by atoms with E-state index in [1.54, 1.807) is 12.3 Å². The lowest BCUT2D eigenvalue weighted by molar-refractivity contribution is 0.245. The molecular weight excluding hydrogens is 297 g/mol. The van der Waals surface area contributed by atoms with Crippen LogP contribution in [-0.4, -0.2) is 16.6 Å². The molecule has 20 heavy (non-hydrogen) atoms. The van der Waals surface area contributed by atoms with Gasteiger partial charge in [-0.25, -0.2) is 4.98 Å². The van der Waals surface area contributed by atoms with Crippen LogP contribution in [0.1, 0.15) is 36.8 Å². The van der Waals surface area contributed by atoms with Crippen LogP contribution in [0.3, 0.4) is 0 Å². The van der Waals surface area contributed by atoms with Crippen molar-refractivity contribution in [3.8, 4) is 5.75 Å². The fourth-order valence-corrected chi connectivity index (χ4v) is 3.06. The van der Waals surface area contributed by atoms with E-state index in [2.05, 4.69) is 22.2 Å². The molecule has 1 aromatic heterocycles. The maximum absolute atomic E-state index is 6.19. The highest BCUT2D eigenvalue weighted by atomic mass is 35.5. The van der Waals surface area contributed by atoms with Gasteiger partial charge in [0.25, 0.3) is 0 Å². The molecule has 0 radical (unpaired) electrons. The summed E-state index contributed by atoms with van der Waals surface area (Å²) in [6.07, 6.45) is 4.44. The zero-order chi connectivity index (χ0) is 14.1. The minimum atomic E-state index is 0.110. The van der Waals surface area contributed by atoms with Gasteiger partial charge >= 0.3 is 0 Å². The minimum absolute atomic E-state index is 0.110. The first-order chi connectivity index (χ1) is 9.65. The Labute approximate surface area is 127 Å². The SMILES string of the molecule is CC(NC1CCOc2c(Cl)cc(Cl)cc21)c1ncc[nH]1. The molecule has 0 bridgehead atoms. The van der Waals surface area contributed by atoms with Crippen LogP contribution in [0.4, 0.5) is 0 Å². The fourth-order valence-electron chi connectivity index (χ4n) is 2.49. The zero-order valence-corrected chi connectivity index (χ0v) is 12.5. The van der Waals surface area contributed by atoms with Crippen LogP contribution in [0.25, 0.3) is 0 Å². The summed E-state index contributed by atoms with van der Waals surface area (Å²) in [5.41, 5.74) is 1.01. The van der Waals surface area contributed by atoms with Gasteiger partial charge in [0.05, 0.1) is 17.7 Å². The van der Waals surface area contributed by atoms with Crippen molar-refractivity contribution in [1.29, 1.82) is 0 Å². The number of fused-ring (bicyclic) bond motifs is 1. The first-order valence-corrected chi connectivity index (χ1v) is 7.28. The monoisotopic (exact) mass is 311 g/mol. The Bertz CT molecular complexity index is 601. The van der Waals surface area contributed by atoms with E-state index < -0.39 is 0 Å². The Kier molecular flexibility index (Phi) is 3.87. The summed E-state index contributed by atoms with van der Waals surface area (Å²) < 4.78 is 5.66. The Hall–Kier alpha value is -1.23. The summed E-state index contributed by atoms with van der Waals surface area (Å²) >= 11 is 12.3. The summed E-state index contributed by atoms with van der Waals surface area (Å²) in [7, 11) is 0. The van der Waals surface area contributed by atoms with Gasteiger partial charge in [0.15, 0.2) is 0 Å². The molecule has 0 aliphatic carbocycles. The van der Waals surface area contributed by atoms with Gasteiger partial charge in [0.2, 0.25) is 0 Å². The predicted octanol–water partition coefficient (Wildman–Crippen LogP) is 3.89. The normalized spacial score (nSPS) is 19.2. The van der Waals surface area contributed by atoms with Crippen molar-refractivity contribution >= 4 is 23.2 Å². The average Bonchev–Trinajstić information content (AvgIpc) is 2.93. The number of aromatic nitrogens is 2. The molecule has 106 valence electrons. The molecule has 3 rings (SSSR count). The van der Waals surface area contributed by atoms with Crippen molar-refractivity contribution in [3.63, 3.8) is 0 Å². The fraction of sp³-hybridized carbons (Fsp3) is 0.357. The molecule has 2 N–H and O–H groups in total. The summed E-state index contributed by atoms with van der Waals surface area (Å²) in [4.78, 5) is 7.39. The topological polar surface area (TPSA) is 49.9 Å². The van der Waals surface area contributed by atoms with Crippen LogP contribution >= 0.6 is 23.2 Å². The molecule has 4 nitrogen and oxygen atoms in total. The molecule has 6 heteroatoms. The molecule has 0 saturated carbocycles. The number of hydrogen-bond donors (Lipinski definition) is 2. The number of benzene rings is 1. The number of aromatic amines is 1. The second kappa shape index (κ2) is 5.64. The van der Waals surface area contributed by atoms with E-state index in [9.17, 15) is 0 Å². The molecule has 1 aliphatic heterocycles. The van der Waals surface area contributed by atoms with Gasteiger partial charge in [-0.2, -0.15) is 0 Å². The number of ether oxygens (including phenoxy) is 1. The summed E-state index contributed by atoms with van der Waals surface area (Å²) in [6, 6.07) is 3.88. The van der Waals surface area contributed by atoms with E-state index in [1.807, 2.05) is 12.3 Å². The van der Waals surface area contributed by atoms with E-state index in [-0.39, 0.29) is 12.1 Å². The molecule has 0 spiro atoms. The molecule has 0 fully saturated rings. The van der Waals surface area contributed by atoms with Gasteiger partial charge in [-0.05, 0) is 19.1 Å². The predicted molar refractivity (Wildman–Crippen MR) is 79.5 cm³/mol. The smallest absolute Gasteiger partial charge is 0.142 e. The van der Waals surface area contributed by atoms with Crippen LogP contribution in [0, 0.1) is 0 Å². The third kappa shape index (κ3) is 2.64. The highest BCUT2D eigenvalue weighted by Gasteiger charge is 2.26. The van der Waals surface area contributed by atoms with Gasteiger partial charge in [-0.15, -0.1) is 0 Å². The first-order valence-electron chi connectivity index (χ1n) is 6.52. The third-order valence-electron chi connectivity index (χ3n) is 3.45. The van der Waals surface area contributed by atoms with Crippen molar-refractivity contribution in [2.75, 3.05) is 6.61 Å². The first kappa shape index (κ1) is 13.7. The number of imidazole rings is 1. The van der Waals surface area contributed by atoms with Crippen molar-refractivity contribution in [2.24, 2.45) is 0 Å². The number of H-pyrrole nitrogens is 1. The number of nitrogens with one attached hydrogen (secondary N) is 2. The lowest BCUT2D eigenvalue weighted by atomic mass is 9.99. The maximum atomic E-state index is 6.19. The van der Waals surface area contributed by atoms with Gasteiger partial charge < -0.3 is 15.0 Å². The van der Waals surface area contributed by atoms with E-state index in [0.29, 0.717) is 16.7 Å². The van der Waals surface area contributed by atoms with Crippen LogP contribution in [0.2, 0.25) is 10.0 Å². The van der Waals surface area contributed by atoms with Crippen LogP contribution in [-0.2, 0) is 0 Å². The van der Waals surface area contributed by atoms with Crippen LogP contribution in [0.5, 0.6) is 5.75 Å². The van der Waals surface area contributed by atoms with E-state index in [4.69, 9.17) is 27.9 Å². The lowest BCUT2D eigenvalue weighted by Gasteiger charge is -2.29. The Morgan fingerprint density at radius 1 is 1.45 bits per heavy atom. The summed E-state index contributed by atoms with van der Waals surface area (Å²) in [5, 5.41) is 4.72. The Morgan fingerprint density at radius 2 is 2.30 bits per heavy atom. The molecule has 2 unspecified atom stereocenters. The number of hydrogen-bond acceptors (Lipinski definition) is 3. The maximum Gasteiger partial charge on any atom is 0.142 e. The number of halogens is 2. The van der Waals surface area contributed by atoms with E-state index in [0.717, 1.165) is 23.6 Å². The second-order valence-corrected chi connectivity index (χ2v) is 5.70. The van der Waals surface area contributed by atoms with Gasteiger partial charge in [0.1, 0.15) is 11.6 Å². The Balaban J connectivity index is 1.86. The van der Waals surface area contributed by atoms with E-state index >= 15 is 0 Å². The van der Waals surface area contributed by atoms with Gasteiger partial charge in [-0.1, -0.05) is 23.2 Å². The molecule has 2 atom stereocenters. The molecule has 0 amide bonds. The Morgan fingerprint density at radius 3 is 3.05 bits per heavy atom. The summed E-state index contributed by atoms with van der Waals surface area (Å²) in [6.45, 7) is 2.71. The van der Waals surface area contributed by atoms with Crippen molar-refractivity contribution in [3.05, 3.63) is 46.0 Å². The molecule has 2 heterocycles. The largest absolute Gasteiger partial charge is 0.492 e. The molecule has 2 aromatic rings. The van der Waals surface area contributed by atoms with Gasteiger partial charge in [-0.3, -0.25) is 0 Å². The number of rotatable bonds is 3. The molecular formula is C14H15Cl2N3O. The lowest BCUT2D eigenvalue weighted by Crippen LogP contribution is -2.30. The molecule has 1 aromatic carbocycles. The van der Waals surface area contributed by atoms with Crippen molar-refractivity contribution in [1.82, 2.24) is 15.3 Å². The number of nitrogens with zero attached hydrogens (tertiary/aromatic N) is 1. The highest BCUT2D eigenvalue weighted by Crippen LogP contribution is 2.40.